The molecule has 0 aliphatic carbocycles. The van der Waals surface area contributed by atoms with Crippen LogP contribution in [0.5, 0.6) is 11.5 Å². The Kier molecular flexibility index (Phi) is 7.62. The van der Waals surface area contributed by atoms with Crippen LogP contribution in [0.3, 0.4) is 0 Å². The van der Waals surface area contributed by atoms with Crippen LogP contribution in [0.2, 0.25) is 0 Å². The van der Waals surface area contributed by atoms with Crippen molar-refractivity contribution in [2.24, 2.45) is 0 Å². The Bertz CT molecular complexity index is 776. The molecule has 1 aliphatic rings. The number of fused-ring (bicyclic) bond motifs is 1. The largest absolute Gasteiger partial charge is 0.486 e. The van der Waals surface area contributed by atoms with Crippen molar-refractivity contribution in [1.29, 1.82) is 0 Å². The number of carbonyl (C=O) groups is 1. The lowest BCUT2D eigenvalue weighted by Crippen LogP contribution is -2.24. The Labute approximate surface area is 171 Å². The first-order valence-electron chi connectivity index (χ1n) is 9.77. The molecule has 0 atom stereocenters. The SMILES string of the molecule is CCN(CC)Cc1ccc(CNC(=O)CSc2ccc3c(c2)OCCO3)cc1. The van der Waals surface area contributed by atoms with E-state index in [0.29, 0.717) is 25.5 Å². The second kappa shape index (κ2) is 10.4. The summed E-state index contributed by atoms with van der Waals surface area (Å²) >= 11 is 1.50. The van der Waals surface area contributed by atoms with Crippen LogP contribution in [0.4, 0.5) is 0 Å². The van der Waals surface area contributed by atoms with Crippen LogP contribution < -0.4 is 14.8 Å². The van der Waals surface area contributed by atoms with Gasteiger partial charge in [-0.1, -0.05) is 38.1 Å². The molecule has 0 unspecified atom stereocenters. The van der Waals surface area contributed by atoms with Gasteiger partial charge in [-0.2, -0.15) is 0 Å². The van der Waals surface area contributed by atoms with Crippen LogP contribution in [0.1, 0.15) is 25.0 Å². The average molecular weight is 401 g/mol. The number of nitrogens with zero attached hydrogens (tertiary/aromatic N) is 1. The Morgan fingerprint density at radius 1 is 1.00 bits per heavy atom. The number of nitrogens with one attached hydrogen (secondary N) is 1. The molecule has 1 N–H and O–H groups in total. The first-order chi connectivity index (χ1) is 13.7. The van der Waals surface area contributed by atoms with Crippen LogP contribution in [-0.4, -0.2) is 42.9 Å². The van der Waals surface area contributed by atoms with E-state index in [-0.39, 0.29) is 5.91 Å². The highest BCUT2D eigenvalue weighted by Gasteiger charge is 2.12. The minimum absolute atomic E-state index is 0.0205. The Morgan fingerprint density at radius 3 is 2.39 bits per heavy atom. The zero-order valence-electron chi connectivity index (χ0n) is 16.6. The molecule has 1 heterocycles. The zero-order chi connectivity index (χ0) is 19.8. The van der Waals surface area contributed by atoms with Crippen LogP contribution in [0.15, 0.2) is 47.4 Å². The molecule has 6 heteroatoms. The predicted molar refractivity (Wildman–Crippen MR) is 113 cm³/mol. The maximum atomic E-state index is 12.2. The number of hydrogen-bond acceptors (Lipinski definition) is 5. The first kappa shape index (κ1) is 20.6. The summed E-state index contributed by atoms with van der Waals surface area (Å²) in [4.78, 5) is 15.6. The van der Waals surface area contributed by atoms with Crippen molar-refractivity contribution < 1.29 is 14.3 Å². The monoisotopic (exact) mass is 400 g/mol. The van der Waals surface area contributed by atoms with Crippen molar-refractivity contribution in [1.82, 2.24) is 10.2 Å². The number of rotatable bonds is 9. The molecule has 2 aromatic rings. The van der Waals surface area contributed by atoms with Gasteiger partial charge in [-0.05, 0) is 42.4 Å². The molecule has 5 nitrogen and oxygen atoms in total. The minimum atomic E-state index is 0.0205. The molecule has 0 saturated carbocycles. The molecule has 0 saturated heterocycles. The molecule has 2 aromatic carbocycles. The molecule has 0 fully saturated rings. The lowest BCUT2D eigenvalue weighted by Gasteiger charge is -2.18. The van der Waals surface area contributed by atoms with Crippen LogP contribution >= 0.6 is 11.8 Å². The van der Waals surface area contributed by atoms with Crippen molar-refractivity contribution >= 4 is 17.7 Å². The van der Waals surface area contributed by atoms with Crippen LogP contribution in [0, 0.1) is 0 Å². The summed E-state index contributed by atoms with van der Waals surface area (Å²) in [5.74, 6) is 1.91. The third-order valence-corrected chi connectivity index (χ3v) is 5.69. The first-order valence-corrected chi connectivity index (χ1v) is 10.8. The molecule has 0 bridgehead atoms. The highest BCUT2D eigenvalue weighted by atomic mass is 32.2. The van der Waals surface area contributed by atoms with Crippen molar-refractivity contribution in [2.45, 2.75) is 31.8 Å². The summed E-state index contributed by atoms with van der Waals surface area (Å²) in [5.41, 5.74) is 2.41. The van der Waals surface area contributed by atoms with E-state index in [1.165, 1.54) is 17.3 Å². The van der Waals surface area contributed by atoms with Crippen molar-refractivity contribution in [2.75, 3.05) is 32.1 Å². The molecule has 1 amide bonds. The van der Waals surface area contributed by atoms with Gasteiger partial charge in [0.25, 0.3) is 0 Å². The number of ether oxygens (including phenoxy) is 2. The number of benzene rings is 2. The van der Waals surface area contributed by atoms with E-state index in [9.17, 15) is 4.79 Å². The number of amides is 1. The second-order valence-corrected chi connectivity index (χ2v) is 7.70. The van der Waals surface area contributed by atoms with E-state index >= 15 is 0 Å². The maximum Gasteiger partial charge on any atom is 0.230 e. The summed E-state index contributed by atoms with van der Waals surface area (Å²) < 4.78 is 11.1. The fourth-order valence-corrected chi connectivity index (χ4v) is 3.74. The standard InChI is InChI=1S/C22H28N2O3S/c1-3-24(4-2)15-18-7-5-17(6-8-18)14-23-22(25)16-28-19-9-10-20-21(13-19)27-12-11-26-20/h5-10,13H,3-4,11-12,14-16H2,1-2H3,(H,23,25). The van der Waals surface area contributed by atoms with Gasteiger partial charge in [0.05, 0.1) is 5.75 Å². The van der Waals surface area contributed by atoms with Crippen LogP contribution in [-0.2, 0) is 17.9 Å². The Hall–Kier alpha value is -2.18. The summed E-state index contributed by atoms with van der Waals surface area (Å²) in [5, 5.41) is 2.99. The normalized spacial score (nSPS) is 12.8. The van der Waals surface area contributed by atoms with Gasteiger partial charge < -0.3 is 14.8 Å². The molecule has 0 radical (unpaired) electrons. The van der Waals surface area contributed by atoms with E-state index in [1.54, 1.807) is 0 Å². The van der Waals surface area contributed by atoms with Crippen molar-refractivity contribution in [3.63, 3.8) is 0 Å². The highest BCUT2D eigenvalue weighted by Crippen LogP contribution is 2.34. The lowest BCUT2D eigenvalue weighted by molar-refractivity contribution is -0.118. The third kappa shape index (κ3) is 5.91. The van der Waals surface area contributed by atoms with E-state index in [1.807, 2.05) is 18.2 Å². The second-order valence-electron chi connectivity index (χ2n) is 6.65. The summed E-state index contributed by atoms with van der Waals surface area (Å²) in [6.45, 7) is 9.11. The average Bonchev–Trinajstić information content (AvgIpc) is 2.75. The summed E-state index contributed by atoms with van der Waals surface area (Å²) in [7, 11) is 0. The van der Waals surface area contributed by atoms with E-state index in [0.717, 1.165) is 41.6 Å². The summed E-state index contributed by atoms with van der Waals surface area (Å²) in [6, 6.07) is 14.3. The Morgan fingerprint density at radius 2 is 1.68 bits per heavy atom. The molecule has 28 heavy (non-hydrogen) atoms. The maximum absolute atomic E-state index is 12.2. The van der Waals surface area contributed by atoms with E-state index < -0.39 is 0 Å². The molecule has 3 rings (SSSR count). The van der Waals surface area contributed by atoms with E-state index in [2.05, 4.69) is 48.3 Å². The van der Waals surface area contributed by atoms with Crippen molar-refractivity contribution in [3.05, 3.63) is 53.6 Å². The number of thioether (sulfide) groups is 1. The molecule has 1 aliphatic heterocycles. The quantitative estimate of drug-likeness (QED) is 0.651. The van der Waals surface area contributed by atoms with Gasteiger partial charge in [0.15, 0.2) is 11.5 Å². The minimum Gasteiger partial charge on any atom is -0.486 e. The van der Waals surface area contributed by atoms with Crippen molar-refractivity contribution in [3.8, 4) is 11.5 Å². The smallest absolute Gasteiger partial charge is 0.230 e. The molecule has 0 spiro atoms. The number of hydrogen-bond donors (Lipinski definition) is 1. The fraction of sp³-hybridized carbons (Fsp3) is 0.409. The fourth-order valence-electron chi connectivity index (χ4n) is 2.98. The highest BCUT2D eigenvalue weighted by molar-refractivity contribution is 8.00. The van der Waals surface area contributed by atoms with Gasteiger partial charge >= 0.3 is 0 Å². The zero-order valence-corrected chi connectivity index (χ0v) is 17.4. The molecular weight excluding hydrogens is 372 g/mol. The van der Waals surface area contributed by atoms with Gasteiger partial charge in [-0.3, -0.25) is 9.69 Å². The predicted octanol–water partition coefficient (Wildman–Crippen LogP) is 3.71. The van der Waals surface area contributed by atoms with Gasteiger partial charge in [-0.25, -0.2) is 0 Å². The lowest BCUT2D eigenvalue weighted by atomic mass is 10.1. The van der Waals surface area contributed by atoms with Crippen LogP contribution in [0.25, 0.3) is 0 Å². The topological polar surface area (TPSA) is 50.8 Å². The van der Waals surface area contributed by atoms with Gasteiger partial charge in [0.1, 0.15) is 13.2 Å². The molecule has 150 valence electrons. The van der Waals surface area contributed by atoms with Gasteiger partial charge in [0.2, 0.25) is 5.91 Å². The molecule has 0 aromatic heterocycles. The molecular formula is C22H28N2O3S. The Balaban J connectivity index is 1.43. The van der Waals surface area contributed by atoms with Gasteiger partial charge in [0, 0.05) is 18.0 Å². The third-order valence-electron chi connectivity index (χ3n) is 4.70. The van der Waals surface area contributed by atoms with Gasteiger partial charge in [-0.15, -0.1) is 11.8 Å². The summed E-state index contributed by atoms with van der Waals surface area (Å²) in [6.07, 6.45) is 0. The number of carbonyl (C=O) groups excluding carboxylic acids is 1. The van der Waals surface area contributed by atoms with E-state index in [4.69, 9.17) is 9.47 Å².